The molecule has 0 heterocycles. The Morgan fingerprint density at radius 2 is 2.15 bits per heavy atom. The molecule has 20 heavy (non-hydrogen) atoms. The van der Waals surface area contributed by atoms with Crippen LogP contribution in [-0.4, -0.2) is 19.3 Å². The molecule has 112 valence electrons. The van der Waals surface area contributed by atoms with Gasteiger partial charge in [0.15, 0.2) is 0 Å². The SMILES string of the molecule is CC(C)OCCCNC1c2cc(Cl)ccc2CC1(C)C. The molecule has 1 atom stereocenters. The van der Waals surface area contributed by atoms with Crippen LogP contribution in [0.5, 0.6) is 0 Å². The van der Waals surface area contributed by atoms with Gasteiger partial charge in [0.05, 0.1) is 6.10 Å². The Balaban J connectivity index is 1.95. The second kappa shape index (κ2) is 6.46. The molecule has 3 heteroatoms. The zero-order valence-electron chi connectivity index (χ0n) is 13.0. The molecular weight excluding hydrogens is 270 g/mol. The molecule has 0 saturated carbocycles. The van der Waals surface area contributed by atoms with Crippen LogP contribution in [0.15, 0.2) is 18.2 Å². The Morgan fingerprint density at radius 3 is 2.85 bits per heavy atom. The van der Waals surface area contributed by atoms with Gasteiger partial charge in [0.2, 0.25) is 0 Å². The fraction of sp³-hybridized carbons (Fsp3) is 0.647. The Hall–Kier alpha value is -0.570. The highest BCUT2D eigenvalue weighted by atomic mass is 35.5. The van der Waals surface area contributed by atoms with Crippen LogP contribution in [-0.2, 0) is 11.2 Å². The van der Waals surface area contributed by atoms with Crippen LogP contribution in [0.25, 0.3) is 0 Å². The van der Waals surface area contributed by atoms with Gasteiger partial charge in [-0.3, -0.25) is 0 Å². The van der Waals surface area contributed by atoms with E-state index in [9.17, 15) is 0 Å². The van der Waals surface area contributed by atoms with Gasteiger partial charge in [-0.15, -0.1) is 0 Å². The fourth-order valence-electron chi connectivity index (χ4n) is 3.03. The van der Waals surface area contributed by atoms with Crippen LogP contribution in [0, 0.1) is 5.41 Å². The van der Waals surface area contributed by atoms with E-state index in [0.717, 1.165) is 31.0 Å². The maximum atomic E-state index is 6.15. The average molecular weight is 296 g/mol. The van der Waals surface area contributed by atoms with Gasteiger partial charge in [0.1, 0.15) is 0 Å². The van der Waals surface area contributed by atoms with Gasteiger partial charge in [-0.2, -0.15) is 0 Å². The average Bonchev–Trinajstić information content (AvgIpc) is 2.59. The molecule has 1 aromatic rings. The number of fused-ring (bicyclic) bond motifs is 1. The van der Waals surface area contributed by atoms with E-state index in [1.807, 2.05) is 6.07 Å². The quantitative estimate of drug-likeness (QED) is 0.787. The summed E-state index contributed by atoms with van der Waals surface area (Å²) in [5.74, 6) is 0. The van der Waals surface area contributed by atoms with E-state index < -0.39 is 0 Å². The maximum Gasteiger partial charge on any atom is 0.0518 e. The topological polar surface area (TPSA) is 21.3 Å². The molecule has 0 aliphatic heterocycles. The molecule has 2 rings (SSSR count). The molecular formula is C17H26ClNO. The van der Waals surface area contributed by atoms with Crippen LogP contribution < -0.4 is 5.32 Å². The van der Waals surface area contributed by atoms with Gasteiger partial charge >= 0.3 is 0 Å². The van der Waals surface area contributed by atoms with Crippen LogP contribution in [0.1, 0.15) is 51.3 Å². The summed E-state index contributed by atoms with van der Waals surface area (Å²) in [5.41, 5.74) is 3.04. The summed E-state index contributed by atoms with van der Waals surface area (Å²) in [7, 11) is 0. The van der Waals surface area contributed by atoms with Crippen molar-refractivity contribution in [1.82, 2.24) is 5.32 Å². The number of rotatable bonds is 6. The van der Waals surface area contributed by atoms with Crippen molar-refractivity contribution in [3.8, 4) is 0 Å². The van der Waals surface area contributed by atoms with E-state index in [1.165, 1.54) is 11.1 Å². The maximum absolute atomic E-state index is 6.15. The second-order valence-electron chi connectivity index (χ2n) is 6.67. The van der Waals surface area contributed by atoms with Crippen molar-refractivity contribution in [1.29, 1.82) is 0 Å². The largest absolute Gasteiger partial charge is 0.379 e. The highest BCUT2D eigenvalue weighted by molar-refractivity contribution is 6.30. The Labute approximate surface area is 127 Å². The summed E-state index contributed by atoms with van der Waals surface area (Å²) >= 11 is 6.15. The fourth-order valence-corrected chi connectivity index (χ4v) is 3.21. The highest BCUT2D eigenvalue weighted by Gasteiger charge is 2.38. The highest BCUT2D eigenvalue weighted by Crippen LogP contribution is 2.45. The van der Waals surface area contributed by atoms with Crippen LogP contribution in [0.4, 0.5) is 0 Å². The monoisotopic (exact) mass is 295 g/mol. The summed E-state index contributed by atoms with van der Waals surface area (Å²) in [5, 5.41) is 4.52. The third kappa shape index (κ3) is 3.75. The first-order valence-corrected chi connectivity index (χ1v) is 7.91. The van der Waals surface area contributed by atoms with E-state index in [-0.39, 0.29) is 5.41 Å². The third-order valence-corrected chi connectivity index (χ3v) is 4.20. The minimum absolute atomic E-state index is 0.242. The zero-order chi connectivity index (χ0) is 14.8. The van der Waals surface area contributed by atoms with E-state index in [4.69, 9.17) is 16.3 Å². The Bertz CT molecular complexity index is 456. The molecule has 1 aromatic carbocycles. The van der Waals surface area contributed by atoms with Crippen molar-refractivity contribution in [2.75, 3.05) is 13.2 Å². The van der Waals surface area contributed by atoms with Crippen molar-refractivity contribution in [2.24, 2.45) is 5.41 Å². The number of nitrogens with one attached hydrogen (secondary N) is 1. The Morgan fingerprint density at radius 1 is 1.40 bits per heavy atom. The summed E-state index contributed by atoms with van der Waals surface area (Å²) in [6.45, 7) is 10.6. The van der Waals surface area contributed by atoms with Crippen LogP contribution in [0.2, 0.25) is 5.02 Å². The van der Waals surface area contributed by atoms with Gasteiger partial charge in [0, 0.05) is 17.7 Å². The standard InChI is InChI=1S/C17H26ClNO/c1-12(2)20-9-5-8-19-16-15-10-14(18)7-6-13(15)11-17(16,3)4/h6-7,10,12,16,19H,5,8-9,11H2,1-4H3. The molecule has 0 saturated heterocycles. The minimum atomic E-state index is 0.242. The lowest BCUT2D eigenvalue weighted by Crippen LogP contribution is -2.32. The summed E-state index contributed by atoms with van der Waals surface area (Å²) in [6, 6.07) is 6.67. The first kappa shape index (κ1) is 15.8. The molecule has 0 spiro atoms. The lowest BCUT2D eigenvalue weighted by Gasteiger charge is -2.29. The molecule has 0 amide bonds. The minimum Gasteiger partial charge on any atom is -0.379 e. The van der Waals surface area contributed by atoms with E-state index in [2.05, 4.69) is 45.1 Å². The third-order valence-electron chi connectivity index (χ3n) is 3.97. The number of ether oxygens (including phenoxy) is 1. The van der Waals surface area contributed by atoms with Gasteiger partial charge in [0.25, 0.3) is 0 Å². The number of halogens is 1. The molecule has 0 aromatic heterocycles. The van der Waals surface area contributed by atoms with Crippen molar-refractivity contribution in [3.05, 3.63) is 34.3 Å². The van der Waals surface area contributed by atoms with Crippen molar-refractivity contribution in [2.45, 2.75) is 52.7 Å². The number of hydrogen-bond donors (Lipinski definition) is 1. The summed E-state index contributed by atoms with van der Waals surface area (Å²) in [6.07, 6.45) is 2.47. The van der Waals surface area contributed by atoms with Crippen molar-refractivity contribution >= 4 is 11.6 Å². The van der Waals surface area contributed by atoms with Crippen LogP contribution >= 0.6 is 11.6 Å². The van der Waals surface area contributed by atoms with E-state index in [0.29, 0.717) is 12.1 Å². The predicted molar refractivity (Wildman–Crippen MR) is 85.4 cm³/mol. The number of benzene rings is 1. The predicted octanol–water partition coefficient (Wildman–Crippen LogP) is 4.37. The molecule has 1 aliphatic carbocycles. The zero-order valence-corrected chi connectivity index (χ0v) is 13.8. The lowest BCUT2D eigenvalue weighted by atomic mass is 9.85. The smallest absolute Gasteiger partial charge is 0.0518 e. The summed E-state index contributed by atoms with van der Waals surface area (Å²) in [4.78, 5) is 0. The summed E-state index contributed by atoms with van der Waals surface area (Å²) < 4.78 is 5.59. The van der Waals surface area contributed by atoms with E-state index in [1.54, 1.807) is 0 Å². The van der Waals surface area contributed by atoms with E-state index >= 15 is 0 Å². The molecule has 1 N–H and O–H groups in total. The van der Waals surface area contributed by atoms with Crippen molar-refractivity contribution in [3.63, 3.8) is 0 Å². The first-order valence-electron chi connectivity index (χ1n) is 7.53. The van der Waals surface area contributed by atoms with Gasteiger partial charge < -0.3 is 10.1 Å². The lowest BCUT2D eigenvalue weighted by molar-refractivity contribution is 0.0759. The molecule has 0 bridgehead atoms. The molecule has 2 nitrogen and oxygen atoms in total. The van der Waals surface area contributed by atoms with Gasteiger partial charge in [-0.25, -0.2) is 0 Å². The van der Waals surface area contributed by atoms with Gasteiger partial charge in [-0.05, 0) is 61.9 Å². The molecule has 0 fully saturated rings. The second-order valence-corrected chi connectivity index (χ2v) is 7.11. The molecule has 0 radical (unpaired) electrons. The van der Waals surface area contributed by atoms with Crippen LogP contribution in [0.3, 0.4) is 0 Å². The number of hydrogen-bond acceptors (Lipinski definition) is 2. The normalized spacial score (nSPS) is 20.4. The van der Waals surface area contributed by atoms with Crippen molar-refractivity contribution < 1.29 is 4.74 Å². The first-order chi connectivity index (χ1) is 9.40. The molecule has 1 aliphatic rings. The molecule has 1 unspecified atom stereocenters. The van der Waals surface area contributed by atoms with Gasteiger partial charge in [-0.1, -0.05) is 31.5 Å². The Kier molecular flexibility index (Phi) is 5.11.